The monoisotopic (exact) mass is 498 g/mol. The SMILES string of the molecule is FC(F)(F)CN1CC2CCOC2C1.O=CNC12CC1(c1nnc(C3CC(OC(F)(F)F)C3)o1)C2. The minimum Gasteiger partial charge on any atom is -0.424 e. The molecular formula is C20H24F6N4O4. The highest BCUT2D eigenvalue weighted by molar-refractivity contribution is 5.60. The second-order valence-electron chi connectivity index (χ2n) is 9.85. The van der Waals surface area contributed by atoms with Gasteiger partial charge in [-0.3, -0.25) is 14.4 Å². The smallest absolute Gasteiger partial charge is 0.424 e. The maximum absolute atomic E-state index is 12.0. The lowest BCUT2D eigenvalue weighted by Crippen LogP contribution is -2.34. The van der Waals surface area contributed by atoms with Crippen LogP contribution in [0.4, 0.5) is 26.3 Å². The second-order valence-corrected chi connectivity index (χ2v) is 9.85. The van der Waals surface area contributed by atoms with Crippen molar-refractivity contribution in [2.24, 2.45) is 5.92 Å². The van der Waals surface area contributed by atoms with Gasteiger partial charge in [0.25, 0.3) is 0 Å². The molecule has 3 heterocycles. The topological polar surface area (TPSA) is 89.7 Å². The van der Waals surface area contributed by atoms with Crippen LogP contribution in [0, 0.1) is 5.92 Å². The number of hydrogen-bond acceptors (Lipinski definition) is 7. The molecule has 2 saturated heterocycles. The summed E-state index contributed by atoms with van der Waals surface area (Å²) in [6, 6.07) is 0. The van der Waals surface area contributed by atoms with E-state index >= 15 is 0 Å². The van der Waals surface area contributed by atoms with Crippen molar-refractivity contribution in [1.82, 2.24) is 20.4 Å². The van der Waals surface area contributed by atoms with Crippen LogP contribution in [-0.2, 0) is 19.7 Å². The first-order chi connectivity index (χ1) is 15.9. The first-order valence-electron chi connectivity index (χ1n) is 11.1. The molecular weight excluding hydrogens is 474 g/mol. The van der Waals surface area contributed by atoms with Crippen LogP contribution in [0.3, 0.4) is 0 Å². The summed E-state index contributed by atoms with van der Waals surface area (Å²) < 4.78 is 86.9. The van der Waals surface area contributed by atoms with Crippen LogP contribution < -0.4 is 5.32 Å². The first kappa shape index (κ1) is 23.8. The Labute approximate surface area is 190 Å². The van der Waals surface area contributed by atoms with E-state index in [1.54, 1.807) is 0 Å². The van der Waals surface area contributed by atoms with Crippen LogP contribution in [0.25, 0.3) is 0 Å². The van der Waals surface area contributed by atoms with Gasteiger partial charge in [-0.1, -0.05) is 0 Å². The highest BCUT2D eigenvalue weighted by atomic mass is 19.4. The Morgan fingerprint density at radius 1 is 1.15 bits per heavy atom. The number of carbonyl (C=O) groups excluding carboxylic acids is 1. The van der Waals surface area contributed by atoms with Gasteiger partial charge in [0, 0.05) is 31.5 Å². The normalized spacial score (nSPS) is 38.3. The summed E-state index contributed by atoms with van der Waals surface area (Å²) in [5, 5.41) is 10.7. The number of ether oxygens (including phenoxy) is 2. The number of hydrogen-bond donors (Lipinski definition) is 1. The molecule has 6 rings (SSSR count). The van der Waals surface area contributed by atoms with E-state index in [0.717, 1.165) is 25.9 Å². The highest BCUT2D eigenvalue weighted by Crippen LogP contribution is 2.78. The average Bonchev–Trinajstić information content (AvgIpc) is 3.14. The van der Waals surface area contributed by atoms with Gasteiger partial charge < -0.3 is 14.5 Å². The molecule has 3 saturated carbocycles. The maximum atomic E-state index is 12.0. The highest BCUT2D eigenvalue weighted by Gasteiger charge is 2.87. The molecule has 2 unspecified atom stereocenters. The predicted molar refractivity (Wildman–Crippen MR) is 100 cm³/mol. The van der Waals surface area contributed by atoms with Crippen molar-refractivity contribution in [1.29, 1.82) is 0 Å². The number of alkyl halides is 6. The van der Waals surface area contributed by atoms with Crippen LogP contribution in [0.5, 0.6) is 0 Å². The molecule has 0 radical (unpaired) electrons. The molecule has 0 bridgehead atoms. The summed E-state index contributed by atoms with van der Waals surface area (Å²) in [6.07, 6.45) is -5.85. The summed E-state index contributed by atoms with van der Waals surface area (Å²) in [5.41, 5.74) is -0.453. The van der Waals surface area contributed by atoms with E-state index in [1.807, 2.05) is 0 Å². The minimum absolute atomic E-state index is 0.0577. The van der Waals surface area contributed by atoms with Gasteiger partial charge in [-0.2, -0.15) is 13.2 Å². The zero-order valence-corrected chi connectivity index (χ0v) is 18.0. The van der Waals surface area contributed by atoms with Crippen LogP contribution in [0.15, 0.2) is 4.42 Å². The van der Waals surface area contributed by atoms with E-state index in [1.165, 1.54) is 4.90 Å². The number of fused-ring (bicyclic) bond motifs is 2. The number of halogens is 6. The largest absolute Gasteiger partial charge is 0.522 e. The fraction of sp³-hybridized carbons (Fsp3) is 0.850. The molecule has 8 nitrogen and oxygen atoms in total. The van der Waals surface area contributed by atoms with Crippen molar-refractivity contribution in [3.63, 3.8) is 0 Å². The van der Waals surface area contributed by atoms with Gasteiger partial charge in [0.1, 0.15) is 0 Å². The summed E-state index contributed by atoms with van der Waals surface area (Å²) in [5.74, 6) is 0.996. The molecule has 0 spiro atoms. The quantitative estimate of drug-likeness (QED) is 0.477. The van der Waals surface area contributed by atoms with E-state index in [0.29, 0.717) is 37.2 Å². The first-order valence-corrected chi connectivity index (χ1v) is 11.1. The minimum atomic E-state index is -4.60. The Hall–Kier alpha value is -1.93. The fourth-order valence-corrected chi connectivity index (χ4v) is 5.39. The Morgan fingerprint density at radius 3 is 2.50 bits per heavy atom. The van der Waals surface area contributed by atoms with Crippen LogP contribution in [0.2, 0.25) is 0 Å². The number of nitrogens with zero attached hydrogens (tertiary/aromatic N) is 3. The molecule has 2 atom stereocenters. The molecule has 1 amide bonds. The Balaban J connectivity index is 0.000000159. The molecule has 1 aromatic rings. The van der Waals surface area contributed by atoms with Crippen LogP contribution in [0.1, 0.15) is 49.8 Å². The van der Waals surface area contributed by atoms with E-state index in [-0.39, 0.29) is 35.8 Å². The van der Waals surface area contributed by atoms with Crippen molar-refractivity contribution in [3.8, 4) is 0 Å². The number of amides is 1. The van der Waals surface area contributed by atoms with Gasteiger partial charge >= 0.3 is 12.5 Å². The van der Waals surface area contributed by atoms with Crippen molar-refractivity contribution in [2.45, 2.75) is 73.7 Å². The van der Waals surface area contributed by atoms with Crippen LogP contribution in [-0.4, -0.2) is 78.0 Å². The number of rotatable bonds is 6. The molecule has 0 aromatic carbocycles. The third-order valence-corrected chi connectivity index (χ3v) is 7.48. The maximum Gasteiger partial charge on any atom is 0.522 e. The van der Waals surface area contributed by atoms with Crippen molar-refractivity contribution in [3.05, 3.63) is 11.8 Å². The zero-order valence-electron chi connectivity index (χ0n) is 18.0. The average molecular weight is 498 g/mol. The number of aromatic nitrogens is 2. The predicted octanol–water partition coefficient (Wildman–Crippen LogP) is 2.65. The van der Waals surface area contributed by atoms with Gasteiger partial charge in [-0.25, -0.2) is 0 Å². The van der Waals surface area contributed by atoms with Crippen molar-refractivity contribution in [2.75, 3.05) is 26.2 Å². The van der Waals surface area contributed by atoms with E-state index < -0.39 is 25.2 Å². The fourth-order valence-electron chi connectivity index (χ4n) is 5.39. The Morgan fingerprint density at radius 2 is 1.88 bits per heavy atom. The lowest BCUT2D eigenvalue weighted by atomic mass is 9.82. The summed E-state index contributed by atoms with van der Waals surface area (Å²) >= 11 is 0. The summed E-state index contributed by atoms with van der Waals surface area (Å²) in [4.78, 5) is 11.9. The van der Waals surface area contributed by atoms with Gasteiger partial charge in [0.2, 0.25) is 18.2 Å². The molecule has 5 aliphatic rings. The van der Waals surface area contributed by atoms with E-state index in [4.69, 9.17) is 9.15 Å². The van der Waals surface area contributed by atoms with Gasteiger partial charge in [-0.05, 0) is 32.1 Å². The number of carbonyl (C=O) groups is 1. The lowest BCUT2D eigenvalue weighted by Gasteiger charge is -2.32. The lowest BCUT2D eigenvalue weighted by molar-refractivity contribution is -0.352. The Bertz CT molecular complexity index is 898. The summed E-state index contributed by atoms with van der Waals surface area (Å²) in [6.45, 7) is 0.924. The molecule has 5 fully saturated rings. The number of nitrogens with one attached hydrogen (secondary N) is 1. The van der Waals surface area contributed by atoms with E-state index in [2.05, 4.69) is 20.3 Å². The van der Waals surface area contributed by atoms with Crippen molar-refractivity contribution < 1.29 is 45.0 Å². The third-order valence-electron chi connectivity index (χ3n) is 7.48. The molecule has 190 valence electrons. The van der Waals surface area contributed by atoms with Gasteiger partial charge in [0.15, 0.2) is 0 Å². The molecule has 3 aliphatic carbocycles. The van der Waals surface area contributed by atoms with E-state index in [9.17, 15) is 31.1 Å². The molecule has 14 heteroatoms. The molecule has 34 heavy (non-hydrogen) atoms. The molecule has 1 aromatic heterocycles. The third kappa shape index (κ3) is 4.63. The van der Waals surface area contributed by atoms with Gasteiger partial charge in [-0.15, -0.1) is 23.4 Å². The number of likely N-dealkylation sites (tertiary alicyclic amines) is 1. The van der Waals surface area contributed by atoms with Crippen LogP contribution >= 0.6 is 0 Å². The molecule has 1 N–H and O–H groups in total. The van der Waals surface area contributed by atoms with Crippen molar-refractivity contribution >= 4 is 6.41 Å². The standard InChI is InChI=1S/C12H12F3N3O3.C8H12F3NO/c13-12(14,15)21-7-1-6(2-7)8-17-18-9(20-8)10-3-11(10,4-10)16-5-19;9-8(10,11)5-12-3-6-1-2-13-7(6)4-12/h5-7H,1-4H2,(H,16,19);6-7H,1-5H2. The second kappa shape index (κ2) is 8.05. The zero-order chi connectivity index (χ0) is 24.4. The van der Waals surface area contributed by atoms with Gasteiger partial charge in [0.05, 0.1) is 29.7 Å². The molecule has 2 aliphatic heterocycles. The summed E-state index contributed by atoms with van der Waals surface area (Å²) in [7, 11) is 0. The Kier molecular flexibility index (Phi) is 5.63.